The first-order chi connectivity index (χ1) is 17.2. The zero-order valence-corrected chi connectivity index (χ0v) is 19.9. The molecule has 8 nitrogen and oxygen atoms in total. The Labute approximate surface area is 208 Å². The predicted octanol–water partition coefficient (Wildman–Crippen LogP) is 4.15. The van der Waals surface area contributed by atoms with E-state index in [-0.39, 0.29) is 23.3 Å². The van der Waals surface area contributed by atoms with E-state index < -0.39 is 11.7 Å². The standard InChI is InChI=1S/C24H21F3N6O2S/c1-15-2-4-16(5-3-15)23(35)28-13-12-20-31-30-19-10-11-22(32-33(19)20)36-14-21(34)29-18-8-6-17(7-9-18)24(25,26)27/h2-11H,12-14H2,1H3,(H,28,35)(H,29,34). The molecule has 4 rings (SSSR count). The van der Waals surface area contributed by atoms with Crippen molar-refractivity contribution in [1.29, 1.82) is 0 Å². The first-order valence-corrected chi connectivity index (χ1v) is 11.8. The van der Waals surface area contributed by atoms with Crippen molar-refractivity contribution in [3.63, 3.8) is 0 Å². The number of aryl methyl sites for hydroxylation is 1. The minimum atomic E-state index is -4.43. The van der Waals surface area contributed by atoms with Crippen LogP contribution in [0.15, 0.2) is 65.7 Å². The van der Waals surface area contributed by atoms with E-state index >= 15 is 0 Å². The number of nitrogens with zero attached hydrogens (tertiary/aromatic N) is 4. The van der Waals surface area contributed by atoms with Crippen LogP contribution in [0.25, 0.3) is 5.65 Å². The van der Waals surface area contributed by atoms with Crippen LogP contribution >= 0.6 is 11.8 Å². The van der Waals surface area contributed by atoms with Crippen molar-refractivity contribution in [2.75, 3.05) is 17.6 Å². The summed E-state index contributed by atoms with van der Waals surface area (Å²) >= 11 is 1.16. The van der Waals surface area contributed by atoms with Crippen molar-refractivity contribution in [3.8, 4) is 0 Å². The van der Waals surface area contributed by atoms with E-state index in [1.54, 1.807) is 28.8 Å². The third-order valence-corrected chi connectivity index (χ3v) is 6.02. The molecule has 0 bridgehead atoms. The largest absolute Gasteiger partial charge is 0.416 e. The fraction of sp³-hybridized carbons (Fsp3) is 0.208. The number of carbonyl (C=O) groups excluding carboxylic acids is 2. The van der Waals surface area contributed by atoms with Gasteiger partial charge in [-0.2, -0.15) is 22.8 Å². The monoisotopic (exact) mass is 514 g/mol. The molecule has 2 amide bonds. The number of thioether (sulfide) groups is 1. The van der Waals surface area contributed by atoms with Gasteiger partial charge in [-0.25, -0.2) is 0 Å². The fourth-order valence-corrected chi connectivity index (χ4v) is 3.88. The van der Waals surface area contributed by atoms with E-state index in [1.807, 2.05) is 19.1 Å². The number of halogens is 3. The Morgan fingerprint density at radius 1 is 0.972 bits per heavy atom. The lowest BCUT2D eigenvalue weighted by Crippen LogP contribution is -2.26. The van der Waals surface area contributed by atoms with Crippen molar-refractivity contribution in [1.82, 2.24) is 25.1 Å². The number of aromatic nitrogens is 4. The van der Waals surface area contributed by atoms with Crippen LogP contribution in [-0.2, 0) is 17.4 Å². The molecule has 186 valence electrons. The first kappa shape index (κ1) is 25.2. The SMILES string of the molecule is Cc1ccc(C(=O)NCCc2nnc3ccc(SCC(=O)Nc4ccc(C(F)(F)F)cc4)nn23)cc1. The lowest BCUT2D eigenvalue weighted by molar-refractivity contribution is -0.137. The van der Waals surface area contributed by atoms with Crippen molar-refractivity contribution >= 4 is 34.9 Å². The molecule has 0 aliphatic heterocycles. The van der Waals surface area contributed by atoms with Gasteiger partial charge in [0, 0.05) is 24.2 Å². The van der Waals surface area contributed by atoms with Gasteiger partial charge in [-0.15, -0.1) is 10.2 Å². The molecule has 0 aliphatic carbocycles. The maximum absolute atomic E-state index is 12.7. The summed E-state index contributed by atoms with van der Waals surface area (Å²) in [4.78, 5) is 24.5. The number of anilines is 1. The quantitative estimate of drug-likeness (QED) is 0.343. The zero-order chi connectivity index (χ0) is 25.7. The predicted molar refractivity (Wildman–Crippen MR) is 129 cm³/mol. The summed E-state index contributed by atoms with van der Waals surface area (Å²) < 4.78 is 39.5. The Kier molecular flexibility index (Phi) is 7.53. The van der Waals surface area contributed by atoms with Gasteiger partial charge in [-0.05, 0) is 55.5 Å². The van der Waals surface area contributed by atoms with Crippen molar-refractivity contribution in [2.45, 2.75) is 24.5 Å². The number of benzene rings is 2. The summed E-state index contributed by atoms with van der Waals surface area (Å²) in [6.07, 6.45) is -4.04. The Morgan fingerprint density at radius 3 is 2.39 bits per heavy atom. The molecule has 2 aromatic heterocycles. The molecule has 0 unspecified atom stereocenters. The number of nitrogens with one attached hydrogen (secondary N) is 2. The molecule has 0 aliphatic rings. The molecule has 2 aromatic carbocycles. The maximum Gasteiger partial charge on any atom is 0.416 e. The van der Waals surface area contributed by atoms with Crippen LogP contribution in [0.4, 0.5) is 18.9 Å². The third-order valence-electron chi connectivity index (χ3n) is 5.10. The number of fused-ring (bicyclic) bond motifs is 1. The minimum Gasteiger partial charge on any atom is -0.352 e. The molecule has 12 heteroatoms. The molecule has 2 heterocycles. The highest BCUT2D eigenvalue weighted by molar-refractivity contribution is 7.99. The van der Waals surface area contributed by atoms with Crippen LogP contribution in [-0.4, -0.2) is 43.9 Å². The van der Waals surface area contributed by atoms with E-state index in [2.05, 4.69) is 25.9 Å². The number of alkyl halides is 3. The third kappa shape index (κ3) is 6.39. The van der Waals surface area contributed by atoms with E-state index in [4.69, 9.17) is 0 Å². The fourth-order valence-electron chi connectivity index (χ4n) is 3.22. The Balaban J connectivity index is 1.31. The number of amides is 2. The van der Waals surface area contributed by atoms with E-state index in [1.165, 1.54) is 12.1 Å². The summed E-state index contributed by atoms with van der Waals surface area (Å²) in [5, 5.41) is 18.6. The second kappa shape index (κ2) is 10.8. The summed E-state index contributed by atoms with van der Waals surface area (Å²) in [6.45, 7) is 2.28. The second-order valence-electron chi connectivity index (χ2n) is 7.84. The van der Waals surface area contributed by atoms with Crippen LogP contribution in [0.3, 0.4) is 0 Å². The molecular formula is C24H21F3N6O2S. The van der Waals surface area contributed by atoms with Gasteiger partial charge in [0.05, 0.1) is 11.3 Å². The lowest BCUT2D eigenvalue weighted by Gasteiger charge is -2.09. The van der Waals surface area contributed by atoms with Gasteiger partial charge in [0.15, 0.2) is 11.5 Å². The molecular weight excluding hydrogens is 493 g/mol. The smallest absolute Gasteiger partial charge is 0.352 e. The van der Waals surface area contributed by atoms with Gasteiger partial charge >= 0.3 is 6.18 Å². The Hall–Kier alpha value is -3.93. The van der Waals surface area contributed by atoms with E-state index in [9.17, 15) is 22.8 Å². The molecule has 36 heavy (non-hydrogen) atoms. The minimum absolute atomic E-state index is 0.00357. The normalized spacial score (nSPS) is 11.4. The number of hydrogen-bond acceptors (Lipinski definition) is 6. The van der Waals surface area contributed by atoms with Gasteiger partial charge in [0.1, 0.15) is 5.03 Å². The zero-order valence-electron chi connectivity index (χ0n) is 19.0. The van der Waals surface area contributed by atoms with E-state index in [0.717, 1.165) is 29.5 Å². The number of hydrogen-bond donors (Lipinski definition) is 2. The highest BCUT2D eigenvalue weighted by Gasteiger charge is 2.30. The average molecular weight is 515 g/mol. The Morgan fingerprint density at radius 2 is 1.69 bits per heavy atom. The highest BCUT2D eigenvalue weighted by atomic mass is 32.2. The topological polar surface area (TPSA) is 101 Å². The second-order valence-corrected chi connectivity index (χ2v) is 8.84. The Bertz CT molecular complexity index is 1370. The van der Waals surface area contributed by atoms with Crippen LogP contribution in [0.1, 0.15) is 27.3 Å². The molecule has 0 fully saturated rings. The summed E-state index contributed by atoms with van der Waals surface area (Å²) in [5.41, 5.74) is 1.64. The van der Waals surface area contributed by atoms with Gasteiger partial charge in [-0.1, -0.05) is 29.5 Å². The van der Waals surface area contributed by atoms with Gasteiger partial charge in [0.2, 0.25) is 5.91 Å². The average Bonchev–Trinajstić information content (AvgIpc) is 3.25. The lowest BCUT2D eigenvalue weighted by atomic mass is 10.1. The molecule has 0 radical (unpaired) electrons. The van der Waals surface area contributed by atoms with Crippen molar-refractivity contribution in [2.24, 2.45) is 0 Å². The highest BCUT2D eigenvalue weighted by Crippen LogP contribution is 2.29. The van der Waals surface area contributed by atoms with Gasteiger partial charge < -0.3 is 10.6 Å². The van der Waals surface area contributed by atoms with Crippen molar-refractivity contribution in [3.05, 3.63) is 83.2 Å². The molecule has 0 atom stereocenters. The summed E-state index contributed by atoms with van der Waals surface area (Å²) in [6, 6.07) is 14.9. The molecule has 0 saturated heterocycles. The van der Waals surface area contributed by atoms with Crippen LogP contribution < -0.4 is 10.6 Å². The summed E-state index contributed by atoms with van der Waals surface area (Å²) in [5.74, 6) is -0.0220. The molecule has 0 spiro atoms. The molecule has 0 saturated carbocycles. The number of rotatable bonds is 8. The van der Waals surface area contributed by atoms with Crippen LogP contribution in [0.5, 0.6) is 0 Å². The first-order valence-electron chi connectivity index (χ1n) is 10.9. The molecule has 4 aromatic rings. The van der Waals surface area contributed by atoms with E-state index in [0.29, 0.717) is 35.0 Å². The summed E-state index contributed by atoms with van der Waals surface area (Å²) in [7, 11) is 0. The number of carbonyl (C=O) groups is 2. The molecule has 2 N–H and O–H groups in total. The van der Waals surface area contributed by atoms with Gasteiger partial charge in [0.25, 0.3) is 5.91 Å². The van der Waals surface area contributed by atoms with Gasteiger partial charge in [-0.3, -0.25) is 9.59 Å². The van der Waals surface area contributed by atoms with Crippen LogP contribution in [0, 0.1) is 6.92 Å². The van der Waals surface area contributed by atoms with Crippen molar-refractivity contribution < 1.29 is 22.8 Å². The maximum atomic E-state index is 12.7. The van der Waals surface area contributed by atoms with Crippen LogP contribution in [0.2, 0.25) is 0 Å².